The van der Waals surface area contributed by atoms with Crippen molar-refractivity contribution >= 4 is 33.9 Å². The number of para-hydroxylation sites is 1. The van der Waals surface area contributed by atoms with Crippen LogP contribution in [0.15, 0.2) is 28.7 Å². The van der Waals surface area contributed by atoms with Crippen molar-refractivity contribution in [3.8, 4) is 0 Å². The summed E-state index contributed by atoms with van der Waals surface area (Å²) < 4.78 is 5.86. The molecular weight excluding hydrogens is 294 g/mol. The lowest BCUT2D eigenvalue weighted by atomic mass is 10.0. The van der Waals surface area contributed by atoms with Gasteiger partial charge in [0.05, 0.1) is 0 Å². The van der Waals surface area contributed by atoms with Crippen molar-refractivity contribution in [2.75, 3.05) is 5.32 Å². The molecule has 0 saturated carbocycles. The monoisotopic (exact) mass is 313 g/mol. The standard InChI is InChI=1S/C17H19N3O3/c1-4-12-18-14-10-7-5-6-8-11(10)23-15(14)16(19-12)20-13(9(2)3)17(21)22/h5-9,13H,4H2,1-3H3,(H,21,22)(H,18,19,20)/t13-/m1/s1. The highest BCUT2D eigenvalue weighted by Crippen LogP contribution is 2.31. The van der Waals surface area contributed by atoms with Gasteiger partial charge in [-0.15, -0.1) is 0 Å². The molecule has 0 radical (unpaired) electrons. The Hall–Kier alpha value is -2.63. The molecule has 0 spiro atoms. The van der Waals surface area contributed by atoms with Crippen molar-refractivity contribution in [3.63, 3.8) is 0 Å². The number of carboxylic acids is 1. The lowest BCUT2D eigenvalue weighted by molar-refractivity contribution is -0.138. The van der Waals surface area contributed by atoms with Gasteiger partial charge in [-0.05, 0) is 18.1 Å². The summed E-state index contributed by atoms with van der Waals surface area (Å²) in [6.07, 6.45) is 0.656. The number of carboxylic acid groups (broad SMARTS) is 1. The average Bonchev–Trinajstić information content (AvgIpc) is 2.90. The number of fused-ring (bicyclic) bond motifs is 3. The number of nitrogens with zero attached hydrogens (tertiary/aromatic N) is 2. The fourth-order valence-electron chi connectivity index (χ4n) is 2.55. The Morgan fingerprint density at radius 2 is 2.04 bits per heavy atom. The summed E-state index contributed by atoms with van der Waals surface area (Å²) in [5.41, 5.74) is 1.92. The van der Waals surface area contributed by atoms with Crippen molar-refractivity contribution in [1.82, 2.24) is 9.97 Å². The molecule has 2 aromatic heterocycles. The molecule has 1 atom stereocenters. The zero-order valence-corrected chi connectivity index (χ0v) is 13.3. The molecule has 120 valence electrons. The highest BCUT2D eigenvalue weighted by atomic mass is 16.4. The minimum Gasteiger partial charge on any atom is -0.480 e. The third-order valence-corrected chi connectivity index (χ3v) is 3.81. The van der Waals surface area contributed by atoms with E-state index in [1.807, 2.05) is 45.0 Å². The first-order valence-corrected chi connectivity index (χ1v) is 7.68. The van der Waals surface area contributed by atoms with E-state index in [0.717, 1.165) is 5.39 Å². The molecule has 0 bridgehead atoms. The Kier molecular flexibility index (Phi) is 3.90. The Bertz CT molecular complexity index is 870. The first kappa shape index (κ1) is 15.3. The second-order valence-corrected chi connectivity index (χ2v) is 5.82. The van der Waals surface area contributed by atoms with Gasteiger partial charge in [0.15, 0.2) is 11.4 Å². The zero-order chi connectivity index (χ0) is 16.6. The van der Waals surface area contributed by atoms with E-state index in [1.54, 1.807) is 0 Å². The second kappa shape index (κ2) is 5.87. The number of rotatable bonds is 5. The molecule has 1 aromatic carbocycles. The molecule has 6 heteroatoms. The number of carbonyl (C=O) groups is 1. The number of hydrogen-bond acceptors (Lipinski definition) is 5. The molecule has 2 N–H and O–H groups in total. The van der Waals surface area contributed by atoms with Crippen LogP contribution < -0.4 is 5.32 Å². The number of aryl methyl sites for hydroxylation is 1. The molecule has 23 heavy (non-hydrogen) atoms. The third-order valence-electron chi connectivity index (χ3n) is 3.81. The quantitative estimate of drug-likeness (QED) is 0.750. The van der Waals surface area contributed by atoms with Crippen LogP contribution in [-0.4, -0.2) is 27.1 Å². The highest BCUT2D eigenvalue weighted by Gasteiger charge is 2.24. The van der Waals surface area contributed by atoms with Gasteiger partial charge in [0.2, 0.25) is 0 Å². The van der Waals surface area contributed by atoms with Crippen LogP contribution in [0.25, 0.3) is 22.1 Å². The Morgan fingerprint density at radius 3 is 2.70 bits per heavy atom. The largest absolute Gasteiger partial charge is 0.480 e. The van der Waals surface area contributed by atoms with Crippen LogP contribution in [0.5, 0.6) is 0 Å². The van der Waals surface area contributed by atoms with Gasteiger partial charge < -0.3 is 14.8 Å². The van der Waals surface area contributed by atoms with E-state index in [-0.39, 0.29) is 5.92 Å². The summed E-state index contributed by atoms with van der Waals surface area (Å²) in [6, 6.07) is 6.87. The fraction of sp³-hybridized carbons (Fsp3) is 0.353. The summed E-state index contributed by atoms with van der Waals surface area (Å²) >= 11 is 0. The van der Waals surface area contributed by atoms with Crippen LogP contribution >= 0.6 is 0 Å². The number of nitrogens with one attached hydrogen (secondary N) is 1. The Balaban J connectivity index is 2.20. The maximum atomic E-state index is 11.5. The minimum absolute atomic E-state index is 0.0908. The van der Waals surface area contributed by atoms with Crippen LogP contribution in [0.4, 0.5) is 5.82 Å². The van der Waals surface area contributed by atoms with Crippen LogP contribution in [0, 0.1) is 5.92 Å². The lowest BCUT2D eigenvalue weighted by Crippen LogP contribution is -2.34. The molecule has 3 aromatic rings. The normalized spacial score (nSPS) is 12.9. The predicted octanol–water partition coefficient (Wildman–Crippen LogP) is 3.46. The number of anilines is 1. The molecule has 0 aliphatic carbocycles. The van der Waals surface area contributed by atoms with Gasteiger partial charge in [0, 0.05) is 11.8 Å². The Morgan fingerprint density at radius 1 is 1.30 bits per heavy atom. The molecule has 0 unspecified atom stereocenters. The summed E-state index contributed by atoms with van der Waals surface area (Å²) in [6.45, 7) is 5.66. The SMILES string of the molecule is CCc1nc(N[C@@H](C(=O)O)C(C)C)c2oc3ccccc3c2n1. The van der Waals surface area contributed by atoms with E-state index >= 15 is 0 Å². The highest BCUT2D eigenvalue weighted by molar-refractivity contribution is 6.05. The van der Waals surface area contributed by atoms with Gasteiger partial charge in [0.1, 0.15) is 23.0 Å². The maximum Gasteiger partial charge on any atom is 0.326 e. The van der Waals surface area contributed by atoms with Crippen molar-refractivity contribution < 1.29 is 14.3 Å². The summed E-state index contributed by atoms with van der Waals surface area (Å²) in [5.74, 6) is 0.0801. The van der Waals surface area contributed by atoms with Gasteiger partial charge in [-0.3, -0.25) is 0 Å². The van der Waals surface area contributed by atoms with Crippen LogP contribution in [-0.2, 0) is 11.2 Å². The summed E-state index contributed by atoms with van der Waals surface area (Å²) in [4.78, 5) is 20.5. The van der Waals surface area contributed by atoms with E-state index in [1.165, 1.54) is 0 Å². The van der Waals surface area contributed by atoms with Gasteiger partial charge in [-0.25, -0.2) is 14.8 Å². The summed E-state index contributed by atoms with van der Waals surface area (Å²) in [5, 5.41) is 13.3. The molecule has 2 heterocycles. The van der Waals surface area contributed by atoms with Gasteiger partial charge in [0.25, 0.3) is 0 Å². The molecule has 0 saturated heterocycles. The van der Waals surface area contributed by atoms with Crippen LogP contribution in [0.3, 0.4) is 0 Å². The van der Waals surface area contributed by atoms with Crippen LogP contribution in [0.1, 0.15) is 26.6 Å². The average molecular weight is 313 g/mol. The zero-order valence-electron chi connectivity index (χ0n) is 13.3. The summed E-state index contributed by atoms with van der Waals surface area (Å²) in [7, 11) is 0. The van der Waals surface area contributed by atoms with Crippen molar-refractivity contribution in [3.05, 3.63) is 30.1 Å². The van der Waals surface area contributed by atoms with Crippen molar-refractivity contribution in [1.29, 1.82) is 0 Å². The fourth-order valence-corrected chi connectivity index (χ4v) is 2.55. The molecule has 0 amide bonds. The van der Waals surface area contributed by atoms with E-state index in [2.05, 4.69) is 15.3 Å². The van der Waals surface area contributed by atoms with E-state index in [0.29, 0.717) is 34.7 Å². The molecule has 0 aliphatic rings. The first-order chi connectivity index (χ1) is 11.0. The number of benzene rings is 1. The topological polar surface area (TPSA) is 88.2 Å². The molecule has 3 rings (SSSR count). The predicted molar refractivity (Wildman–Crippen MR) is 88.6 cm³/mol. The molecule has 6 nitrogen and oxygen atoms in total. The van der Waals surface area contributed by atoms with Gasteiger partial charge in [-0.1, -0.05) is 32.9 Å². The van der Waals surface area contributed by atoms with E-state index in [9.17, 15) is 9.90 Å². The van der Waals surface area contributed by atoms with E-state index < -0.39 is 12.0 Å². The van der Waals surface area contributed by atoms with Crippen molar-refractivity contribution in [2.45, 2.75) is 33.2 Å². The number of aliphatic carboxylic acids is 1. The van der Waals surface area contributed by atoms with Gasteiger partial charge in [-0.2, -0.15) is 0 Å². The van der Waals surface area contributed by atoms with Gasteiger partial charge >= 0.3 is 5.97 Å². The second-order valence-electron chi connectivity index (χ2n) is 5.82. The van der Waals surface area contributed by atoms with Crippen molar-refractivity contribution in [2.24, 2.45) is 5.92 Å². The maximum absolute atomic E-state index is 11.5. The molecule has 0 fully saturated rings. The lowest BCUT2D eigenvalue weighted by Gasteiger charge is -2.18. The van der Waals surface area contributed by atoms with E-state index in [4.69, 9.17) is 4.42 Å². The minimum atomic E-state index is -0.916. The Labute approximate surface area is 133 Å². The van der Waals surface area contributed by atoms with Crippen LogP contribution in [0.2, 0.25) is 0 Å². The third kappa shape index (κ3) is 2.72. The first-order valence-electron chi connectivity index (χ1n) is 7.68. The molecular formula is C17H19N3O3. The number of furan rings is 1. The smallest absolute Gasteiger partial charge is 0.326 e. The number of aromatic nitrogens is 2. The number of hydrogen-bond donors (Lipinski definition) is 2. The molecule has 0 aliphatic heterocycles.